The SMILES string of the molecule is [c-]1n(-c2cccc(Cc3ccc4c5ccccc5n(-c5nccc6ccoc56)c4c3)c2)c2ccccc2[n+]1-c1ccccc1. The summed E-state index contributed by atoms with van der Waals surface area (Å²) in [6.07, 6.45) is 7.98. The number of nitrogens with zero attached hydrogens (tertiary/aromatic N) is 4. The van der Waals surface area contributed by atoms with E-state index in [1.807, 2.05) is 24.4 Å². The predicted octanol–water partition coefficient (Wildman–Crippen LogP) is 8.54. The molecule has 0 saturated heterocycles. The lowest BCUT2D eigenvalue weighted by molar-refractivity contribution is -0.572. The van der Waals surface area contributed by atoms with E-state index in [1.165, 1.54) is 21.9 Å². The number of benzene rings is 5. The number of fused-ring (bicyclic) bond motifs is 5. The molecule has 0 aliphatic rings. The molecule has 0 spiro atoms. The third kappa shape index (κ3) is 3.87. The van der Waals surface area contributed by atoms with E-state index in [4.69, 9.17) is 9.40 Å². The van der Waals surface area contributed by atoms with Crippen molar-refractivity contribution in [3.8, 4) is 17.2 Å². The number of hydrogen-bond donors (Lipinski definition) is 0. The van der Waals surface area contributed by atoms with Crippen molar-refractivity contribution >= 4 is 43.8 Å². The van der Waals surface area contributed by atoms with Crippen LogP contribution in [0, 0.1) is 6.33 Å². The number of aromatic nitrogens is 4. The minimum absolute atomic E-state index is 0.788. The molecule has 0 fully saturated rings. The standard InChI is InChI=1S/C39H26N4O/c1-2-10-30(11-3-1)41-26-42(36-16-7-6-15-35(36)41)31-12-8-9-27(24-31)23-28-17-18-33-32-13-4-5-14-34(32)43(37(33)25-28)39-38-29(19-21-40-39)20-22-44-38/h1-22,24-25H,23H2. The molecule has 4 aromatic heterocycles. The van der Waals surface area contributed by atoms with E-state index in [0.29, 0.717) is 0 Å². The van der Waals surface area contributed by atoms with Gasteiger partial charge in [0.1, 0.15) is 0 Å². The van der Waals surface area contributed by atoms with Crippen molar-refractivity contribution in [3.63, 3.8) is 0 Å². The first-order valence-electron chi connectivity index (χ1n) is 14.8. The molecule has 0 radical (unpaired) electrons. The maximum atomic E-state index is 5.92. The highest BCUT2D eigenvalue weighted by Gasteiger charge is 2.17. The Balaban J connectivity index is 1.15. The predicted molar refractivity (Wildman–Crippen MR) is 175 cm³/mol. The number of imidazole rings is 1. The van der Waals surface area contributed by atoms with Crippen molar-refractivity contribution < 1.29 is 8.98 Å². The Hall–Kier alpha value is -5.94. The fourth-order valence-corrected chi connectivity index (χ4v) is 6.45. The van der Waals surface area contributed by atoms with Crippen LogP contribution in [0.15, 0.2) is 150 Å². The molecular formula is C39H26N4O. The largest absolute Gasteiger partial charge is 0.460 e. The number of rotatable bonds is 5. The minimum atomic E-state index is 0.788. The monoisotopic (exact) mass is 566 g/mol. The van der Waals surface area contributed by atoms with Crippen LogP contribution in [0.5, 0.6) is 0 Å². The number of furan rings is 1. The van der Waals surface area contributed by atoms with Gasteiger partial charge in [-0.25, -0.2) is 4.98 Å². The highest BCUT2D eigenvalue weighted by Crippen LogP contribution is 2.35. The smallest absolute Gasteiger partial charge is 0.269 e. The molecule has 5 heteroatoms. The van der Waals surface area contributed by atoms with Crippen LogP contribution >= 0.6 is 0 Å². The van der Waals surface area contributed by atoms with Crippen LogP contribution in [0.3, 0.4) is 0 Å². The quantitative estimate of drug-likeness (QED) is 0.155. The normalized spacial score (nSPS) is 11.7. The Bertz CT molecular complexity index is 2480. The van der Waals surface area contributed by atoms with E-state index in [9.17, 15) is 0 Å². The zero-order chi connectivity index (χ0) is 29.0. The van der Waals surface area contributed by atoms with Crippen molar-refractivity contribution in [2.45, 2.75) is 6.42 Å². The van der Waals surface area contributed by atoms with Crippen molar-refractivity contribution in [2.24, 2.45) is 0 Å². The first-order valence-corrected chi connectivity index (χ1v) is 14.8. The maximum Gasteiger partial charge on any atom is 0.269 e. The van der Waals surface area contributed by atoms with Gasteiger partial charge in [-0.05, 0) is 66.1 Å². The lowest BCUT2D eigenvalue weighted by Gasteiger charge is -2.10. The number of para-hydroxylation sites is 4. The van der Waals surface area contributed by atoms with Crippen LogP contribution in [0.1, 0.15) is 11.1 Å². The lowest BCUT2D eigenvalue weighted by Crippen LogP contribution is -2.29. The molecule has 44 heavy (non-hydrogen) atoms. The van der Waals surface area contributed by atoms with Crippen LogP contribution < -0.4 is 4.57 Å². The molecule has 5 nitrogen and oxygen atoms in total. The average molecular weight is 567 g/mol. The topological polar surface area (TPSA) is 39.8 Å². The fourth-order valence-electron chi connectivity index (χ4n) is 6.45. The summed E-state index contributed by atoms with van der Waals surface area (Å²) in [5, 5.41) is 3.43. The highest BCUT2D eigenvalue weighted by molar-refractivity contribution is 6.10. The summed E-state index contributed by atoms with van der Waals surface area (Å²) < 4.78 is 12.4. The second-order valence-corrected chi connectivity index (χ2v) is 11.1. The molecule has 0 unspecified atom stereocenters. The molecule has 0 aliphatic heterocycles. The Labute approximate surface area is 253 Å². The molecule has 0 atom stereocenters. The molecule has 9 rings (SSSR count). The maximum absolute atomic E-state index is 5.92. The summed E-state index contributed by atoms with van der Waals surface area (Å²) in [5.41, 5.74) is 9.86. The van der Waals surface area contributed by atoms with Crippen LogP contribution in [0.25, 0.3) is 61.0 Å². The molecular weight excluding hydrogens is 540 g/mol. The molecule has 0 saturated carbocycles. The summed E-state index contributed by atoms with van der Waals surface area (Å²) in [6, 6.07) is 46.9. The van der Waals surface area contributed by atoms with E-state index in [-0.39, 0.29) is 0 Å². The second-order valence-electron chi connectivity index (χ2n) is 11.1. The summed E-state index contributed by atoms with van der Waals surface area (Å²) >= 11 is 0. The van der Waals surface area contributed by atoms with Gasteiger partial charge >= 0.3 is 0 Å². The lowest BCUT2D eigenvalue weighted by atomic mass is 10.0. The van der Waals surface area contributed by atoms with Gasteiger partial charge in [-0.3, -0.25) is 13.7 Å². The molecule has 4 heterocycles. The second kappa shape index (κ2) is 9.82. The van der Waals surface area contributed by atoms with E-state index < -0.39 is 0 Å². The van der Waals surface area contributed by atoms with E-state index >= 15 is 0 Å². The summed E-state index contributed by atoms with van der Waals surface area (Å²) in [7, 11) is 0. The van der Waals surface area contributed by atoms with E-state index in [1.54, 1.807) is 6.26 Å². The zero-order valence-electron chi connectivity index (χ0n) is 23.8. The van der Waals surface area contributed by atoms with Gasteiger partial charge in [0.15, 0.2) is 11.4 Å². The van der Waals surface area contributed by atoms with Gasteiger partial charge in [0, 0.05) is 22.4 Å². The highest BCUT2D eigenvalue weighted by atomic mass is 16.3. The van der Waals surface area contributed by atoms with Crippen molar-refractivity contribution in [1.29, 1.82) is 0 Å². The summed E-state index contributed by atoms with van der Waals surface area (Å²) in [6.45, 7) is 0. The van der Waals surface area contributed by atoms with Crippen LogP contribution in [-0.2, 0) is 6.42 Å². The van der Waals surface area contributed by atoms with Gasteiger partial charge in [-0.2, -0.15) is 0 Å². The first kappa shape index (κ1) is 24.6. The third-order valence-corrected chi connectivity index (χ3v) is 8.45. The fraction of sp³-hybridized carbons (Fsp3) is 0.0256. The molecule has 0 aliphatic carbocycles. The molecule has 5 aromatic carbocycles. The zero-order valence-corrected chi connectivity index (χ0v) is 23.8. The van der Waals surface area contributed by atoms with Gasteiger partial charge < -0.3 is 4.42 Å². The number of hydrogen-bond acceptors (Lipinski definition) is 2. The van der Waals surface area contributed by atoms with E-state index in [2.05, 4.69) is 135 Å². The van der Waals surface area contributed by atoms with Gasteiger partial charge in [-0.1, -0.05) is 84.9 Å². The third-order valence-electron chi connectivity index (χ3n) is 8.45. The molecule has 208 valence electrons. The van der Waals surface area contributed by atoms with Crippen molar-refractivity contribution in [1.82, 2.24) is 14.1 Å². The Morgan fingerprint density at radius 2 is 1.45 bits per heavy atom. The van der Waals surface area contributed by atoms with Crippen LogP contribution in [-0.4, -0.2) is 14.1 Å². The first-order chi connectivity index (χ1) is 21.8. The molecule has 9 aromatic rings. The molecule has 0 bridgehead atoms. The van der Waals surface area contributed by atoms with Gasteiger partial charge in [-0.15, -0.1) is 0 Å². The van der Waals surface area contributed by atoms with Gasteiger partial charge in [0.05, 0.1) is 39.7 Å². The van der Waals surface area contributed by atoms with Gasteiger partial charge in [0.25, 0.3) is 6.33 Å². The Kier molecular flexibility index (Phi) is 5.50. The Morgan fingerprint density at radius 3 is 2.39 bits per heavy atom. The van der Waals surface area contributed by atoms with Crippen molar-refractivity contribution in [3.05, 3.63) is 163 Å². The van der Waals surface area contributed by atoms with Crippen LogP contribution in [0.2, 0.25) is 0 Å². The summed E-state index contributed by atoms with van der Waals surface area (Å²) in [4.78, 5) is 4.79. The Morgan fingerprint density at radius 1 is 0.659 bits per heavy atom. The van der Waals surface area contributed by atoms with E-state index in [0.717, 1.165) is 56.6 Å². The molecule has 0 amide bonds. The van der Waals surface area contributed by atoms with Crippen LogP contribution in [0.4, 0.5) is 0 Å². The van der Waals surface area contributed by atoms with Crippen molar-refractivity contribution in [2.75, 3.05) is 0 Å². The molecule has 0 N–H and O–H groups in total. The average Bonchev–Trinajstić information content (AvgIpc) is 3.80. The number of pyridine rings is 1. The summed E-state index contributed by atoms with van der Waals surface area (Å²) in [5.74, 6) is 0.805. The van der Waals surface area contributed by atoms with Gasteiger partial charge in [0.2, 0.25) is 0 Å². The minimum Gasteiger partial charge on any atom is -0.460 e.